The van der Waals surface area contributed by atoms with Gasteiger partial charge in [0, 0.05) is 18.2 Å². The summed E-state index contributed by atoms with van der Waals surface area (Å²) in [5.74, 6) is 2.57. The van der Waals surface area contributed by atoms with Crippen LogP contribution in [0, 0.1) is 0 Å². The normalized spacial score (nSPS) is 11.9. The molecule has 4 nitrogen and oxygen atoms in total. The predicted octanol–water partition coefficient (Wildman–Crippen LogP) is 4.20. The minimum Gasteiger partial charge on any atom is -0.496 e. The Labute approximate surface area is 152 Å². The lowest BCUT2D eigenvalue weighted by Crippen LogP contribution is -2.28. The molecule has 0 spiro atoms. The highest BCUT2D eigenvalue weighted by molar-refractivity contribution is 9.10. The highest BCUT2D eigenvalue weighted by atomic mass is 79.9. The Bertz CT molecular complexity index is 676. The van der Waals surface area contributed by atoms with Gasteiger partial charge < -0.3 is 19.5 Å². The van der Waals surface area contributed by atoms with Crippen molar-refractivity contribution in [3.8, 4) is 17.2 Å². The molecular weight excluding hydrogens is 370 g/mol. The Morgan fingerprint density at radius 3 is 2.25 bits per heavy atom. The molecule has 5 heteroatoms. The summed E-state index contributed by atoms with van der Waals surface area (Å²) < 4.78 is 17.2. The Morgan fingerprint density at radius 2 is 1.58 bits per heavy atom. The molecule has 24 heavy (non-hydrogen) atoms. The maximum Gasteiger partial charge on any atom is 0.133 e. The van der Waals surface area contributed by atoms with Crippen molar-refractivity contribution in [2.24, 2.45) is 0 Å². The van der Waals surface area contributed by atoms with Crippen LogP contribution in [0.3, 0.4) is 0 Å². The number of hydrogen-bond donors (Lipinski definition) is 1. The number of para-hydroxylation sites is 1. The largest absolute Gasteiger partial charge is 0.496 e. The lowest BCUT2D eigenvalue weighted by atomic mass is 10.0. The molecule has 0 radical (unpaired) electrons. The van der Waals surface area contributed by atoms with E-state index in [-0.39, 0.29) is 6.04 Å². The molecule has 0 aliphatic carbocycles. The molecule has 1 N–H and O–H groups in total. The summed E-state index contributed by atoms with van der Waals surface area (Å²) >= 11 is 3.49. The first-order valence-corrected chi connectivity index (χ1v) is 8.64. The average Bonchev–Trinajstić information content (AvgIpc) is 2.61. The van der Waals surface area contributed by atoms with Gasteiger partial charge in [-0.1, -0.05) is 18.2 Å². The van der Waals surface area contributed by atoms with Gasteiger partial charge in [-0.15, -0.1) is 0 Å². The van der Waals surface area contributed by atoms with Crippen molar-refractivity contribution < 1.29 is 14.2 Å². The summed E-state index contributed by atoms with van der Waals surface area (Å²) in [6.07, 6.45) is 0.835. The fourth-order valence-corrected chi connectivity index (χ4v) is 3.10. The number of ether oxygens (including phenoxy) is 3. The van der Waals surface area contributed by atoms with E-state index < -0.39 is 0 Å². The van der Waals surface area contributed by atoms with Gasteiger partial charge in [-0.2, -0.15) is 0 Å². The Hall–Kier alpha value is -1.72. The molecular formula is C19H24BrNO3. The van der Waals surface area contributed by atoms with Crippen molar-refractivity contribution in [3.05, 3.63) is 52.0 Å². The molecule has 2 rings (SSSR count). The van der Waals surface area contributed by atoms with E-state index in [0.717, 1.165) is 45.8 Å². The van der Waals surface area contributed by atoms with Gasteiger partial charge in [0.15, 0.2) is 0 Å². The van der Waals surface area contributed by atoms with Crippen LogP contribution in [0.1, 0.15) is 18.1 Å². The number of nitrogens with one attached hydrogen (secondary N) is 1. The zero-order chi connectivity index (χ0) is 17.5. The van der Waals surface area contributed by atoms with E-state index >= 15 is 0 Å². The standard InChI is InChI=1S/C19H24BrNO3/c1-13(21-12-14-7-5-6-8-17(14)22-2)9-15-10-19(24-4)16(20)11-18(15)23-3/h5-8,10-11,13,21H,9,12H2,1-4H3. The van der Waals surface area contributed by atoms with Crippen molar-refractivity contribution in [1.82, 2.24) is 5.32 Å². The van der Waals surface area contributed by atoms with Crippen LogP contribution in [0.25, 0.3) is 0 Å². The molecule has 1 atom stereocenters. The number of halogens is 1. The van der Waals surface area contributed by atoms with E-state index in [0.29, 0.717) is 0 Å². The van der Waals surface area contributed by atoms with Crippen molar-refractivity contribution in [2.45, 2.75) is 25.9 Å². The first-order chi connectivity index (χ1) is 11.6. The molecule has 0 aliphatic heterocycles. The van der Waals surface area contributed by atoms with E-state index in [2.05, 4.69) is 34.2 Å². The summed E-state index contributed by atoms with van der Waals surface area (Å²) in [6.45, 7) is 2.91. The summed E-state index contributed by atoms with van der Waals surface area (Å²) in [5.41, 5.74) is 2.25. The van der Waals surface area contributed by atoms with E-state index in [9.17, 15) is 0 Å². The van der Waals surface area contributed by atoms with Gasteiger partial charge >= 0.3 is 0 Å². The number of benzene rings is 2. The Morgan fingerprint density at radius 1 is 0.917 bits per heavy atom. The van der Waals surface area contributed by atoms with Crippen molar-refractivity contribution >= 4 is 15.9 Å². The van der Waals surface area contributed by atoms with E-state index in [1.54, 1.807) is 21.3 Å². The molecule has 2 aromatic rings. The minimum absolute atomic E-state index is 0.273. The third-order valence-electron chi connectivity index (χ3n) is 3.91. The predicted molar refractivity (Wildman–Crippen MR) is 100 cm³/mol. The molecule has 0 saturated heterocycles. The van der Waals surface area contributed by atoms with Gasteiger partial charge in [-0.05, 0) is 53.0 Å². The highest BCUT2D eigenvalue weighted by Crippen LogP contribution is 2.33. The van der Waals surface area contributed by atoms with Gasteiger partial charge in [0.25, 0.3) is 0 Å². The molecule has 0 fully saturated rings. The summed E-state index contributed by atoms with van der Waals surface area (Å²) in [6, 6.07) is 12.3. The van der Waals surface area contributed by atoms with Crippen LogP contribution in [-0.2, 0) is 13.0 Å². The maximum atomic E-state index is 5.49. The molecule has 0 saturated carbocycles. The van der Waals surface area contributed by atoms with Gasteiger partial charge in [0.05, 0.1) is 25.8 Å². The monoisotopic (exact) mass is 393 g/mol. The summed E-state index contributed by atoms with van der Waals surface area (Å²) in [7, 11) is 5.05. The molecule has 130 valence electrons. The molecule has 0 aliphatic rings. The zero-order valence-corrected chi connectivity index (χ0v) is 16.1. The quantitative estimate of drug-likeness (QED) is 0.729. The van der Waals surface area contributed by atoms with Crippen LogP contribution < -0.4 is 19.5 Å². The molecule has 0 amide bonds. The average molecular weight is 394 g/mol. The second-order valence-electron chi connectivity index (χ2n) is 5.60. The maximum absolute atomic E-state index is 5.49. The SMILES string of the molecule is COc1cc(CC(C)NCc2ccccc2OC)c(OC)cc1Br. The smallest absolute Gasteiger partial charge is 0.133 e. The third-order valence-corrected chi connectivity index (χ3v) is 4.53. The highest BCUT2D eigenvalue weighted by Gasteiger charge is 2.13. The first-order valence-electron chi connectivity index (χ1n) is 7.84. The topological polar surface area (TPSA) is 39.7 Å². The molecule has 1 unspecified atom stereocenters. The molecule has 0 aromatic heterocycles. The zero-order valence-electron chi connectivity index (χ0n) is 14.6. The minimum atomic E-state index is 0.273. The van der Waals surface area contributed by atoms with Gasteiger partial charge in [-0.25, -0.2) is 0 Å². The second-order valence-corrected chi connectivity index (χ2v) is 6.45. The van der Waals surface area contributed by atoms with Crippen LogP contribution in [0.5, 0.6) is 17.2 Å². The molecule has 0 heterocycles. The van der Waals surface area contributed by atoms with Crippen LogP contribution in [0.15, 0.2) is 40.9 Å². The number of hydrogen-bond acceptors (Lipinski definition) is 4. The van der Waals surface area contributed by atoms with Crippen molar-refractivity contribution in [3.63, 3.8) is 0 Å². The number of methoxy groups -OCH3 is 3. The van der Waals surface area contributed by atoms with Crippen molar-refractivity contribution in [2.75, 3.05) is 21.3 Å². The van der Waals surface area contributed by atoms with Crippen LogP contribution >= 0.6 is 15.9 Å². The second kappa shape index (κ2) is 8.94. The van der Waals surface area contributed by atoms with Gasteiger partial charge in [0.2, 0.25) is 0 Å². The lowest BCUT2D eigenvalue weighted by Gasteiger charge is -2.18. The molecule has 0 bridgehead atoms. The van der Waals surface area contributed by atoms with Crippen LogP contribution in [0.4, 0.5) is 0 Å². The van der Waals surface area contributed by atoms with Gasteiger partial charge in [-0.3, -0.25) is 0 Å². The van der Waals surface area contributed by atoms with E-state index in [1.807, 2.05) is 30.3 Å². The Kier molecular flexibility index (Phi) is 6.94. The van der Waals surface area contributed by atoms with E-state index in [1.165, 1.54) is 0 Å². The lowest BCUT2D eigenvalue weighted by molar-refractivity contribution is 0.392. The number of rotatable bonds is 8. The summed E-state index contributed by atoms with van der Waals surface area (Å²) in [4.78, 5) is 0. The van der Waals surface area contributed by atoms with Crippen molar-refractivity contribution in [1.29, 1.82) is 0 Å². The Balaban J connectivity index is 2.05. The first kappa shape index (κ1) is 18.6. The van der Waals surface area contributed by atoms with Gasteiger partial charge in [0.1, 0.15) is 17.2 Å². The van der Waals surface area contributed by atoms with E-state index in [4.69, 9.17) is 14.2 Å². The molecule has 2 aromatic carbocycles. The fourth-order valence-electron chi connectivity index (χ4n) is 2.62. The fraction of sp³-hybridized carbons (Fsp3) is 0.368. The summed E-state index contributed by atoms with van der Waals surface area (Å²) in [5, 5.41) is 3.54. The third kappa shape index (κ3) is 4.65. The van der Waals surface area contributed by atoms with Crippen LogP contribution in [-0.4, -0.2) is 27.4 Å². The van der Waals surface area contributed by atoms with Crippen LogP contribution in [0.2, 0.25) is 0 Å².